The van der Waals surface area contributed by atoms with Gasteiger partial charge in [-0.25, -0.2) is 4.39 Å². The normalized spacial score (nSPS) is 19.6. The first-order chi connectivity index (χ1) is 4.46. The van der Waals surface area contributed by atoms with Crippen LogP contribution in [-0.4, -0.2) is 23.3 Å². The van der Waals surface area contributed by atoms with Crippen LogP contribution in [0.3, 0.4) is 0 Å². The summed E-state index contributed by atoms with van der Waals surface area (Å²) < 4.78 is 12.4. The summed E-state index contributed by atoms with van der Waals surface area (Å²) in [5, 5.41) is 8.31. The molecule has 0 aromatic rings. The van der Waals surface area contributed by atoms with E-state index in [-0.39, 0.29) is 0 Å². The summed E-state index contributed by atoms with van der Waals surface area (Å²) in [5.41, 5.74) is 5.12. The molecule has 0 aromatic carbocycles. The lowest BCUT2D eigenvalue weighted by Crippen LogP contribution is -2.40. The van der Waals surface area contributed by atoms with Gasteiger partial charge in [-0.15, -0.1) is 0 Å². The highest BCUT2D eigenvalue weighted by Gasteiger charge is 2.24. The molecule has 0 heterocycles. The second-order valence-electron chi connectivity index (χ2n) is 2.40. The first kappa shape index (κ1) is 9.36. The van der Waals surface area contributed by atoms with Crippen LogP contribution in [-0.2, 0) is 4.79 Å². The number of aliphatic carboxylic acids is 1. The molecular weight excluding hydrogens is 137 g/mol. The molecule has 0 aliphatic heterocycles. The van der Waals surface area contributed by atoms with Gasteiger partial charge in [0, 0.05) is 5.92 Å². The van der Waals surface area contributed by atoms with E-state index in [2.05, 4.69) is 0 Å². The zero-order valence-corrected chi connectivity index (χ0v) is 6.04. The standard InChI is InChI=1S/C6H12FNO2/c1-3(4(2)7)5(8)6(9)10/h3-5H,8H2,1-2H3,(H,9,10)/t3-,4+,5-/m0/s1. The lowest BCUT2D eigenvalue weighted by atomic mass is 9.99. The van der Waals surface area contributed by atoms with Crippen molar-refractivity contribution in [3.63, 3.8) is 0 Å². The van der Waals surface area contributed by atoms with Crippen molar-refractivity contribution in [1.29, 1.82) is 0 Å². The molecule has 0 rings (SSSR count). The van der Waals surface area contributed by atoms with Crippen molar-refractivity contribution in [3.8, 4) is 0 Å². The fourth-order valence-corrected chi connectivity index (χ4v) is 0.511. The van der Waals surface area contributed by atoms with Crippen LogP contribution < -0.4 is 5.73 Å². The second kappa shape index (κ2) is 3.51. The Morgan fingerprint density at radius 1 is 1.60 bits per heavy atom. The Morgan fingerprint density at radius 2 is 2.00 bits per heavy atom. The van der Waals surface area contributed by atoms with Crippen molar-refractivity contribution in [2.24, 2.45) is 11.7 Å². The molecule has 0 bridgehead atoms. The minimum atomic E-state index is -1.17. The molecule has 0 aromatic heterocycles. The summed E-state index contributed by atoms with van der Waals surface area (Å²) in [6.45, 7) is 2.77. The van der Waals surface area contributed by atoms with E-state index in [1.807, 2.05) is 0 Å². The number of alkyl halides is 1. The van der Waals surface area contributed by atoms with E-state index < -0.39 is 24.1 Å². The van der Waals surface area contributed by atoms with E-state index in [9.17, 15) is 9.18 Å². The van der Waals surface area contributed by atoms with Gasteiger partial charge in [0.1, 0.15) is 12.2 Å². The van der Waals surface area contributed by atoms with Crippen LogP contribution >= 0.6 is 0 Å². The number of nitrogens with two attached hydrogens (primary N) is 1. The van der Waals surface area contributed by atoms with Gasteiger partial charge in [-0.1, -0.05) is 6.92 Å². The summed E-state index contributed by atoms with van der Waals surface area (Å²) in [7, 11) is 0. The van der Waals surface area contributed by atoms with Gasteiger partial charge in [0.25, 0.3) is 0 Å². The molecule has 0 saturated carbocycles. The van der Waals surface area contributed by atoms with E-state index in [1.54, 1.807) is 0 Å². The molecule has 0 aliphatic carbocycles. The summed E-state index contributed by atoms with van der Waals surface area (Å²) in [5.74, 6) is -1.78. The van der Waals surface area contributed by atoms with Crippen molar-refractivity contribution < 1.29 is 14.3 Å². The summed E-state index contributed by atoms with van der Waals surface area (Å²) >= 11 is 0. The fraction of sp³-hybridized carbons (Fsp3) is 0.833. The lowest BCUT2D eigenvalue weighted by molar-refractivity contribution is -0.140. The number of rotatable bonds is 3. The Morgan fingerprint density at radius 3 is 2.10 bits per heavy atom. The predicted molar refractivity (Wildman–Crippen MR) is 35.3 cm³/mol. The molecule has 0 amide bonds. The quantitative estimate of drug-likeness (QED) is 0.610. The van der Waals surface area contributed by atoms with Crippen LogP contribution in [0.4, 0.5) is 4.39 Å². The molecule has 3 nitrogen and oxygen atoms in total. The molecule has 0 aliphatic rings. The minimum Gasteiger partial charge on any atom is -0.480 e. The summed E-state index contributed by atoms with van der Waals surface area (Å²) in [6, 6.07) is -1.10. The van der Waals surface area contributed by atoms with Crippen molar-refractivity contribution in [3.05, 3.63) is 0 Å². The zero-order valence-electron chi connectivity index (χ0n) is 6.04. The number of hydrogen-bond donors (Lipinski definition) is 2. The molecule has 0 saturated heterocycles. The SMILES string of the molecule is C[C@H]([C@H](N)C(=O)O)[C@@H](C)F. The summed E-state index contributed by atoms with van der Waals surface area (Å²) in [4.78, 5) is 10.2. The van der Waals surface area contributed by atoms with Crippen molar-refractivity contribution in [1.82, 2.24) is 0 Å². The molecule has 0 radical (unpaired) electrons. The van der Waals surface area contributed by atoms with Crippen LogP contribution in [0.1, 0.15) is 13.8 Å². The molecule has 3 N–H and O–H groups in total. The van der Waals surface area contributed by atoms with Gasteiger partial charge in [0.15, 0.2) is 0 Å². The molecule has 10 heavy (non-hydrogen) atoms. The van der Waals surface area contributed by atoms with Crippen molar-refractivity contribution >= 4 is 5.97 Å². The molecule has 0 spiro atoms. The maximum Gasteiger partial charge on any atom is 0.320 e. The average molecular weight is 149 g/mol. The van der Waals surface area contributed by atoms with E-state index in [1.165, 1.54) is 13.8 Å². The monoisotopic (exact) mass is 149 g/mol. The van der Waals surface area contributed by atoms with Gasteiger partial charge < -0.3 is 10.8 Å². The number of hydrogen-bond acceptors (Lipinski definition) is 2. The van der Waals surface area contributed by atoms with Gasteiger partial charge in [-0.05, 0) is 6.92 Å². The fourth-order valence-electron chi connectivity index (χ4n) is 0.511. The Labute approximate surface area is 59.0 Å². The molecular formula is C6H12FNO2. The molecule has 3 atom stereocenters. The third kappa shape index (κ3) is 2.31. The van der Waals surface area contributed by atoms with E-state index in [0.717, 1.165) is 0 Å². The van der Waals surface area contributed by atoms with E-state index >= 15 is 0 Å². The molecule has 60 valence electrons. The zero-order chi connectivity index (χ0) is 8.31. The van der Waals surface area contributed by atoms with Gasteiger partial charge >= 0.3 is 5.97 Å². The highest BCUT2D eigenvalue weighted by molar-refractivity contribution is 5.73. The molecule has 0 fully saturated rings. The van der Waals surface area contributed by atoms with Crippen LogP contribution in [0.2, 0.25) is 0 Å². The highest BCUT2D eigenvalue weighted by atomic mass is 19.1. The Bertz CT molecular complexity index is 127. The first-order valence-corrected chi connectivity index (χ1v) is 3.09. The Balaban J connectivity index is 3.94. The Hall–Kier alpha value is -0.640. The van der Waals surface area contributed by atoms with Crippen molar-refractivity contribution in [2.75, 3.05) is 0 Å². The van der Waals surface area contributed by atoms with Gasteiger partial charge in [0.2, 0.25) is 0 Å². The second-order valence-corrected chi connectivity index (χ2v) is 2.40. The molecule has 4 heteroatoms. The predicted octanol–water partition coefficient (Wildman–Crippen LogP) is 0.392. The minimum absolute atomic E-state index is 0.627. The van der Waals surface area contributed by atoms with Gasteiger partial charge in [-0.3, -0.25) is 4.79 Å². The maximum atomic E-state index is 12.4. The van der Waals surface area contributed by atoms with Crippen LogP contribution in [0, 0.1) is 5.92 Å². The van der Waals surface area contributed by atoms with Gasteiger partial charge in [0.05, 0.1) is 0 Å². The summed E-state index contributed by atoms with van der Waals surface area (Å²) in [6.07, 6.45) is -1.17. The first-order valence-electron chi connectivity index (χ1n) is 3.09. The largest absolute Gasteiger partial charge is 0.480 e. The van der Waals surface area contributed by atoms with Crippen LogP contribution in [0.25, 0.3) is 0 Å². The number of carboxylic acids is 1. The topological polar surface area (TPSA) is 63.3 Å². The average Bonchev–Trinajstić information content (AvgIpc) is 1.84. The smallest absolute Gasteiger partial charge is 0.320 e. The van der Waals surface area contributed by atoms with E-state index in [0.29, 0.717) is 0 Å². The van der Waals surface area contributed by atoms with Crippen molar-refractivity contribution in [2.45, 2.75) is 26.1 Å². The number of carbonyl (C=O) groups is 1. The third-order valence-electron chi connectivity index (χ3n) is 1.58. The number of halogens is 1. The van der Waals surface area contributed by atoms with Gasteiger partial charge in [-0.2, -0.15) is 0 Å². The lowest BCUT2D eigenvalue weighted by Gasteiger charge is -2.16. The van der Waals surface area contributed by atoms with E-state index in [4.69, 9.17) is 10.8 Å². The van der Waals surface area contributed by atoms with Crippen LogP contribution in [0.15, 0.2) is 0 Å². The third-order valence-corrected chi connectivity index (χ3v) is 1.58. The number of carboxylic acid groups (broad SMARTS) is 1. The van der Waals surface area contributed by atoms with Crippen LogP contribution in [0.5, 0.6) is 0 Å². The highest BCUT2D eigenvalue weighted by Crippen LogP contribution is 2.09. The Kier molecular flexibility index (Phi) is 3.28. The molecule has 0 unspecified atom stereocenters. The maximum absolute atomic E-state index is 12.4.